The minimum atomic E-state index is -0.522. The molecule has 1 heterocycles. The highest BCUT2D eigenvalue weighted by Gasteiger charge is 2.46. The van der Waals surface area contributed by atoms with E-state index in [0.29, 0.717) is 12.0 Å². The van der Waals surface area contributed by atoms with Gasteiger partial charge in [-0.1, -0.05) is 36.6 Å². The zero-order valence-corrected chi connectivity index (χ0v) is 13.1. The van der Waals surface area contributed by atoms with Gasteiger partial charge in [-0.3, -0.25) is 4.90 Å². The first-order chi connectivity index (χ1) is 10.1. The molecule has 0 bridgehead atoms. The Labute approximate surface area is 130 Å². The topological polar surface area (TPSA) is 23.5 Å². The van der Waals surface area contributed by atoms with Crippen LogP contribution in [-0.4, -0.2) is 34.7 Å². The van der Waals surface area contributed by atoms with Gasteiger partial charge in [0.15, 0.2) is 0 Å². The average Bonchev–Trinajstić information content (AvgIpc) is 3.14. The van der Waals surface area contributed by atoms with Gasteiger partial charge in [-0.2, -0.15) is 0 Å². The second-order valence-corrected chi connectivity index (χ2v) is 6.84. The molecule has 1 saturated carbocycles. The summed E-state index contributed by atoms with van der Waals surface area (Å²) in [7, 11) is 0. The Kier molecular flexibility index (Phi) is 4.53. The Bertz CT molecular complexity index is 496. The molecule has 1 aromatic rings. The predicted molar refractivity (Wildman–Crippen MR) is 83.1 cm³/mol. The summed E-state index contributed by atoms with van der Waals surface area (Å²) in [5.41, 5.74) is 0.381. The van der Waals surface area contributed by atoms with Crippen molar-refractivity contribution in [1.82, 2.24) is 4.90 Å². The van der Waals surface area contributed by atoms with E-state index in [2.05, 4.69) is 4.90 Å². The second kappa shape index (κ2) is 6.23. The molecule has 116 valence electrons. The molecule has 21 heavy (non-hydrogen) atoms. The van der Waals surface area contributed by atoms with E-state index in [9.17, 15) is 9.50 Å². The Balaban J connectivity index is 1.81. The van der Waals surface area contributed by atoms with Crippen molar-refractivity contribution < 1.29 is 9.50 Å². The third-order valence-corrected chi connectivity index (χ3v) is 5.56. The van der Waals surface area contributed by atoms with Crippen LogP contribution in [0.1, 0.15) is 44.1 Å². The fraction of sp³-hybridized carbons (Fsp3) is 0.647. The lowest BCUT2D eigenvalue weighted by Crippen LogP contribution is -2.54. The van der Waals surface area contributed by atoms with Gasteiger partial charge in [-0.25, -0.2) is 4.39 Å². The van der Waals surface area contributed by atoms with E-state index >= 15 is 0 Å². The van der Waals surface area contributed by atoms with E-state index in [0.717, 1.165) is 38.8 Å². The number of hydrogen-bond donors (Lipinski definition) is 1. The van der Waals surface area contributed by atoms with Gasteiger partial charge in [0.25, 0.3) is 0 Å². The van der Waals surface area contributed by atoms with Gasteiger partial charge in [-0.05, 0) is 50.4 Å². The number of nitrogens with zero attached hydrogens (tertiary/aromatic N) is 1. The van der Waals surface area contributed by atoms with Crippen molar-refractivity contribution in [3.63, 3.8) is 0 Å². The second-order valence-electron chi connectivity index (χ2n) is 6.44. The SMILES string of the molecule is OC(Cc1cccc(Cl)c1F)C1(N2CCCC2)CCCC1. The molecule has 3 rings (SSSR count). The highest BCUT2D eigenvalue weighted by molar-refractivity contribution is 6.30. The van der Waals surface area contributed by atoms with E-state index in [1.54, 1.807) is 18.2 Å². The van der Waals surface area contributed by atoms with Crippen LogP contribution in [0.25, 0.3) is 0 Å². The molecule has 0 radical (unpaired) electrons. The normalized spacial score (nSPS) is 23.6. The summed E-state index contributed by atoms with van der Waals surface area (Å²) in [6, 6.07) is 5.04. The van der Waals surface area contributed by atoms with E-state index < -0.39 is 6.10 Å². The third kappa shape index (κ3) is 2.84. The van der Waals surface area contributed by atoms with Crippen molar-refractivity contribution in [2.75, 3.05) is 13.1 Å². The highest BCUT2D eigenvalue weighted by Crippen LogP contribution is 2.41. The Morgan fingerprint density at radius 1 is 1.19 bits per heavy atom. The third-order valence-electron chi connectivity index (χ3n) is 5.27. The van der Waals surface area contributed by atoms with Gasteiger partial charge in [-0.15, -0.1) is 0 Å². The average molecular weight is 312 g/mol. The molecule has 1 saturated heterocycles. The zero-order chi connectivity index (χ0) is 14.9. The van der Waals surface area contributed by atoms with Crippen molar-refractivity contribution in [2.45, 2.75) is 56.6 Å². The maximum atomic E-state index is 14.1. The van der Waals surface area contributed by atoms with Gasteiger partial charge < -0.3 is 5.11 Å². The van der Waals surface area contributed by atoms with Gasteiger partial charge >= 0.3 is 0 Å². The largest absolute Gasteiger partial charge is 0.391 e. The quantitative estimate of drug-likeness (QED) is 0.914. The predicted octanol–water partition coefficient (Wildman–Crippen LogP) is 3.79. The fourth-order valence-electron chi connectivity index (χ4n) is 4.11. The summed E-state index contributed by atoms with van der Waals surface area (Å²) in [6.07, 6.45) is 6.61. The molecule has 1 aromatic carbocycles. The van der Waals surface area contributed by atoms with Crippen LogP contribution in [-0.2, 0) is 6.42 Å². The lowest BCUT2D eigenvalue weighted by molar-refractivity contribution is -0.0175. The first-order valence-electron chi connectivity index (χ1n) is 7.99. The smallest absolute Gasteiger partial charge is 0.145 e. The molecule has 2 nitrogen and oxygen atoms in total. The van der Waals surface area contributed by atoms with Gasteiger partial charge in [0, 0.05) is 12.0 Å². The number of hydrogen-bond acceptors (Lipinski definition) is 2. The summed E-state index contributed by atoms with van der Waals surface area (Å²) in [6.45, 7) is 2.13. The number of aliphatic hydroxyl groups excluding tert-OH is 1. The number of benzene rings is 1. The molecule has 0 spiro atoms. The molecular formula is C17H23ClFNO. The number of likely N-dealkylation sites (tertiary alicyclic amines) is 1. The lowest BCUT2D eigenvalue weighted by Gasteiger charge is -2.42. The maximum Gasteiger partial charge on any atom is 0.145 e. The molecule has 1 aliphatic heterocycles. The summed E-state index contributed by atoms with van der Waals surface area (Å²) in [5.74, 6) is -0.382. The zero-order valence-electron chi connectivity index (χ0n) is 12.3. The molecule has 1 unspecified atom stereocenters. The van der Waals surface area contributed by atoms with Gasteiger partial charge in [0.1, 0.15) is 5.82 Å². The number of rotatable bonds is 4. The highest BCUT2D eigenvalue weighted by atomic mass is 35.5. The van der Waals surface area contributed by atoms with Crippen LogP contribution >= 0.6 is 11.6 Å². The summed E-state index contributed by atoms with van der Waals surface area (Å²) in [5, 5.41) is 11.0. The van der Waals surface area contributed by atoms with Crippen LogP contribution in [0.5, 0.6) is 0 Å². The molecule has 2 fully saturated rings. The van der Waals surface area contributed by atoms with Crippen LogP contribution in [0.15, 0.2) is 18.2 Å². The summed E-state index contributed by atoms with van der Waals surface area (Å²) < 4.78 is 14.1. The molecule has 2 aliphatic rings. The van der Waals surface area contributed by atoms with Crippen LogP contribution in [0, 0.1) is 5.82 Å². The van der Waals surface area contributed by atoms with Crippen LogP contribution in [0.3, 0.4) is 0 Å². The van der Waals surface area contributed by atoms with Gasteiger partial charge in [0.05, 0.1) is 11.1 Å². The minimum absolute atomic E-state index is 0.140. The molecule has 1 aliphatic carbocycles. The fourth-order valence-corrected chi connectivity index (χ4v) is 4.31. The first-order valence-corrected chi connectivity index (χ1v) is 8.37. The monoisotopic (exact) mass is 311 g/mol. The molecule has 4 heteroatoms. The van der Waals surface area contributed by atoms with E-state index in [1.807, 2.05) is 0 Å². The minimum Gasteiger partial charge on any atom is -0.391 e. The molecule has 0 amide bonds. The summed E-state index contributed by atoms with van der Waals surface area (Å²) in [4.78, 5) is 2.45. The van der Waals surface area contributed by atoms with Crippen LogP contribution in [0.2, 0.25) is 5.02 Å². The van der Waals surface area contributed by atoms with E-state index in [-0.39, 0.29) is 16.4 Å². The van der Waals surface area contributed by atoms with Crippen molar-refractivity contribution in [3.8, 4) is 0 Å². The standard InChI is InChI=1S/C17H23ClFNO/c18-14-7-5-6-13(16(14)19)12-15(21)17(8-1-2-9-17)20-10-3-4-11-20/h5-7,15,21H,1-4,8-12H2. The molecule has 1 atom stereocenters. The molecule has 0 aromatic heterocycles. The molecule has 1 N–H and O–H groups in total. The Morgan fingerprint density at radius 3 is 2.52 bits per heavy atom. The Morgan fingerprint density at radius 2 is 1.86 bits per heavy atom. The van der Waals surface area contributed by atoms with Crippen LogP contribution in [0.4, 0.5) is 4.39 Å². The summed E-state index contributed by atoms with van der Waals surface area (Å²) >= 11 is 5.85. The van der Waals surface area contributed by atoms with Crippen molar-refractivity contribution >= 4 is 11.6 Å². The Hall–Kier alpha value is -0.640. The van der Waals surface area contributed by atoms with E-state index in [4.69, 9.17) is 11.6 Å². The number of aliphatic hydroxyl groups is 1. The van der Waals surface area contributed by atoms with Crippen LogP contribution < -0.4 is 0 Å². The first kappa shape index (κ1) is 15.3. The van der Waals surface area contributed by atoms with Gasteiger partial charge in [0.2, 0.25) is 0 Å². The lowest BCUT2D eigenvalue weighted by atomic mass is 9.84. The van der Waals surface area contributed by atoms with Crippen molar-refractivity contribution in [1.29, 1.82) is 0 Å². The van der Waals surface area contributed by atoms with Crippen molar-refractivity contribution in [3.05, 3.63) is 34.6 Å². The maximum absolute atomic E-state index is 14.1. The number of halogens is 2. The molecular weight excluding hydrogens is 289 g/mol. The van der Waals surface area contributed by atoms with Crippen molar-refractivity contribution in [2.24, 2.45) is 0 Å². The van der Waals surface area contributed by atoms with E-state index in [1.165, 1.54) is 12.8 Å².